The summed E-state index contributed by atoms with van der Waals surface area (Å²) in [5, 5.41) is 3.08. The fourth-order valence-electron chi connectivity index (χ4n) is 3.53. The lowest BCUT2D eigenvalue weighted by atomic mass is 10.0. The number of hydrogen-bond acceptors (Lipinski definition) is 4. The van der Waals surface area contributed by atoms with Gasteiger partial charge in [-0.25, -0.2) is 4.98 Å². The molecule has 0 aliphatic heterocycles. The van der Waals surface area contributed by atoms with Crippen LogP contribution in [0.25, 0.3) is 0 Å². The standard InChI is InChI=1S/C23H34N4O3/c1-5-15-27(16-6-2)21(29)13-9-12-20(28)25-22(23-24-14-17-26(23)3)18-10-7-8-11-19(18)30-4/h7-8,10-11,14,17,22H,5-6,9,12-13,15-16H2,1-4H3,(H,25,28). The molecule has 0 radical (unpaired) electrons. The highest BCUT2D eigenvalue weighted by atomic mass is 16.5. The summed E-state index contributed by atoms with van der Waals surface area (Å²) in [6.45, 7) is 5.68. The Morgan fingerprint density at radius 1 is 1.17 bits per heavy atom. The second kappa shape index (κ2) is 12.0. The molecule has 2 rings (SSSR count). The van der Waals surface area contributed by atoms with Gasteiger partial charge in [0.2, 0.25) is 11.8 Å². The average Bonchev–Trinajstić information content (AvgIpc) is 3.17. The van der Waals surface area contributed by atoms with Gasteiger partial charge < -0.3 is 19.5 Å². The fourth-order valence-corrected chi connectivity index (χ4v) is 3.53. The summed E-state index contributed by atoms with van der Waals surface area (Å²) < 4.78 is 7.38. The molecule has 0 fully saturated rings. The second-order valence-electron chi connectivity index (χ2n) is 7.37. The maximum absolute atomic E-state index is 12.7. The summed E-state index contributed by atoms with van der Waals surface area (Å²) in [4.78, 5) is 31.5. The molecule has 164 valence electrons. The van der Waals surface area contributed by atoms with Crippen molar-refractivity contribution in [1.82, 2.24) is 19.8 Å². The molecule has 1 aromatic carbocycles. The van der Waals surface area contributed by atoms with Gasteiger partial charge in [-0.1, -0.05) is 32.0 Å². The summed E-state index contributed by atoms with van der Waals surface area (Å²) in [5.41, 5.74) is 0.843. The molecule has 1 heterocycles. The molecule has 0 saturated heterocycles. The number of aryl methyl sites for hydroxylation is 1. The number of ether oxygens (including phenoxy) is 1. The van der Waals surface area contributed by atoms with Crippen LogP contribution in [-0.4, -0.2) is 46.5 Å². The first-order valence-electron chi connectivity index (χ1n) is 10.7. The summed E-state index contributed by atoms with van der Waals surface area (Å²) in [7, 11) is 3.51. The molecular weight excluding hydrogens is 380 g/mol. The number of nitrogens with zero attached hydrogens (tertiary/aromatic N) is 3. The van der Waals surface area contributed by atoms with E-state index in [1.165, 1.54) is 0 Å². The van der Waals surface area contributed by atoms with Crippen molar-refractivity contribution in [2.45, 2.75) is 52.0 Å². The molecule has 2 amide bonds. The smallest absolute Gasteiger partial charge is 0.222 e. The molecule has 7 heteroatoms. The molecule has 0 spiro atoms. The minimum absolute atomic E-state index is 0.112. The third-order valence-electron chi connectivity index (χ3n) is 5.01. The van der Waals surface area contributed by atoms with E-state index in [1.54, 1.807) is 13.3 Å². The van der Waals surface area contributed by atoms with Crippen molar-refractivity contribution in [3.8, 4) is 5.75 Å². The van der Waals surface area contributed by atoms with E-state index < -0.39 is 6.04 Å². The van der Waals surface area contributed by atoms with E-state index in [9.17, 15) is 9.59 Å². The lowest BCUT2D eigenvalue weighted by molar-refractivity contribution is -0.131. The second-order valence-corrected chi connectivity index (χ2v) is 7.37. The minimum atomic E-state index is -0.430. The van der Waals surface area contributed by atoms with Crippen LogP contribution >= 0.6 is 0 Å². The van der Waals surface area contributed by atoms with Gasteiger partial charge in [0.25, 0.3) is 0 Å². The number of carbonyl (C=O) groups excluding carboxylic acids is 2. The van der Waals surface area contributed by atoms with E-state index in [4.69, 9.17) is 4.74 Å². The lowest BCUT2D eigenvalue weighted by Crippen LogP contribution is -2.33. The van der Waals surface area contributed by atoms with Gasteiger partial charge in [0.1, 0.15) is 17.6 Å². The Bertz CT molecular complexity index is 812. The molecule has 0 aliphatic carbocycles. The number of methoxy groups -OCH3 is 1. The van der Waals surface area contributed by atoms with Gasteiger partial charge in [-0.3, -0.25) is 9.59 Å². The Hall–Kier alpha value is -2.83. The normalized spacial score (nSPS) is 11.7. The van der Waals surface area contributed by atoms with Gasteiger partial charge in [-0.05, 0) is 25.3 Å². The highest BCUT2D eigenvalue weighted by Crippen LogP contribution is 2.29. The van der Waals surface area contributed by atoms with Gasteiger partial charge >= 0.3 is 0 Å². The van der Waals surface area contributed by atoms with Gasteiger partial charge in [0.15, 0.2) is 0 Å². The highest BCUT2D eigenvalue weighted by molar-refractivity contribution is 5.79. The fraction of sp³-hybridized carbons (Fsp3) is 0.522. The Kier molecular flexibility index (Phi) is 9.38. The van der Waals surface area contributed by atoms with E-state index >= 15 is 0 Å². The SMILES string of the molecule is CCCN(CCC)C(=O)CCCC(=O)NC(c1ccccc1OC)c1nccn1C. The summed E-state index contributed by atoms with van der Waals surface area (Å²) in [6.07, 6.45) is 6.63. The van der Waals surface area contributed by atoms with Crippen LogP contribution in [0.15, 0.2) is 36.7 Å². The number of hydrogen-bond donors (Lipinski definition) is 1. The Morgan fingerprint density at radius 2 is 1.87 bits per heavy atom. The molecule has 7 nitrogen and oxygen atoms in total. The lowest BCUT2D eigenvalue weighted by Gasteiger charge is -2.22. The van der Waals surface area contributed by atoms with Crippen molar-refractivity contribution in [2.24, 2.45) is 7.05 Å². The Morgan fingerprint density at radius 3 is 2.47 bits per heavy atom. The molecule has 30 heavy (non-hydrogen) atoms. The monoisotopic (exact) mass is 414 g/mol. The molecule has 0 bridgehead atoms. The number of nitrogens with one attached hydrogen (secondary N) is 1. The number of amides is 2. The van der Waals surface area contributed by atoms with E-state index in [2.05, 4.69) is 24.1 Å². The molecule has 2 aromatic rings. The van der Waals surface area contributed by atoms with Crippen LogP contribution in [0.1, 0.15) is 63.4 Å². The number of para-hydroxylation sites is 1. The topological polar surface area (TPSA) is 76.5 Å². The number of carbonyl (C=O) groups is 2. The zero-order chi connectivity index (χ0) is 21.9. The third-order valence-corrected chi connectivity index (χ3v) is 5.01. The zero-order valence-electron chi connectivity index (χ0n) is 18.6. The molecule has 1 atom stereocenters. The maximum atomic E-state index is 12.7. The van der Waals surface area contributed by atoms with Crippen LogP contribution < -0.4 is 10.1 Å². The van der Waals surface area contributed by atoms with Gasteiger partial charge in [-0.2, -0.15) is 0 Å². The van der Waals surface area contributed by atoms with Gasteiger partial charge in [0.05, 0.1) is 7.11 Å². The first kappa shape index (κ1) is 23.4. The van der Waals surface area contributed by atoms with E-state index in [-0.39, 0.29) is 18.2 Å². The van der Waals surface area contributed by atoms with Crippen LogP contribution in [0.3, 0.4) is 0 Å². The number of imidazole rings is 1. The van der Waals surface area contributed by atoms with Crippen LogP contribution in [-0.2, 0) is 16.6 Å². The van der Waals surface area contributed by atoms with E-state index in [0.717, 1.165) is 37.3 Å². The van der Waals surface area contributed by atoms with E-state index in [1.807, 2.05) is 47.0 Å². The van der Waals surface area contributed by atoms with Crippen molar-refractivity contribution < 1.29 is 14.3 Å². The predicted octanol–water partition coefficient (Wildman–Crippen LogP) is 3.45. The first-order valence-corrected chi connectivity index (χ1v) is 10.7. The summed E-state index contributed by atoms with van der Waals surface area (Å²) in [5.74, 6) is 1.42. The number of benzene rings is 1. The summed E-state index contributed by atoms with van der Waals surface area (Å²) >= 11 is 0. The van der Waals surface area contributed by atoms with Crippen molar-refractivity contribution >= 4 is 11.8 Å². The maximum Gasteiger partial charge on any atom is 0.222 e. The van der Waals surface area contributed by atoms with Crippen molar-refractivity contribution in [2.75, 3.05) is 20.2 Å². The number of rotatable bonds is 12. The molecular formula is C23H34N4O3. The van der Waals surface area contributed by atoms with Crippen LogP contribution in [0.2, 0.25) is 0 Å². The van der Waals surface area contributed by atoms with Gasteiger partial charge in [0, 0.05) is 50.9 Å². The largest absolute Gasteiger partial charge is 0.496 e. The predicted molar refractivity (Wildman–Crippen MR) is 117 cm³/mol. The van der Waals surface area contributed by atoms with Crippen molar-refractivity contribution in [3.63, 3.8) is 0 Å². The molecule has 0 aliphatic rings. The number of aromatic nitrogens is 2. The average molecular weight is 415 g/mol. The van der Waals surface area contributed by atoms with Crippen molar-refractivity contribution in [1.29, 1.82) is 0 Å². The highest BCUT2D eigenvalue weighted by Gasteiger charge is 2.24. The van der Waals surface area contributed by atoms with Crippen LogP contribution in [0.4, 0.5) is 0 Å². The van der Waals surface area contributed by atoms with Crippen LogP contribution in [0, 0.1) is 0 Å². The Balaban J connectivity index is 2.03. The zero-order valence-corrected chi connectivity index (χ0v) is 18.6. The van der Waals surface area contributed by atoms with Crippen LogP contribution in [0.5, 0.6) is 5.75 Å². The van der Waals surface area contributed by atoms with Crippen molar-refractivity contribution in [3.05, 3.63) is 48.0 Å². The van der Waals surface area contributed by atoms with Gasteiger partial charge in [-0.15, -0.1) is 0 Å². The third kappa shape index (κ3) is 6.34. The molecule has 1 unspecified atom stereocenters. The Labute approximate surface area is 179 Å². The molecule has 1 aromatic heterocycles. The minimum Gasteiger partial charge on any atom is -0.496 e. The molecule has 1 N–H and O–H groups in total. The molecule has 0 saturated carbocycles. The quantitative estimate of drug-likeness (QED) is 0.577. The summed E-state index contributed by atoms with van der Waals surface area (Å²) in [6, 6.07) is 7.17. The first-order chi connectivity index (χ1) is 14.5. The van der Waals surface area contributed by atoms with E-state index in [0.29, 0.717) is 18.6 Å².